The summed E-state index contributed by atoms with van der Waals surface area (Å²) in [5.41, 5.74) is 2.15. The van der Waals surface area contributed by atoms with Crippen LogP contribution in [0.5, 0.6) is 0 Å². The number of hydrogen-bond donors (Lipinski definition) is 0. The molecule has 0 fully saturated rings. The number of benzene rings is 3. The number of fused-ring (bicyclic) bond motifs is 1. The molecule has 5 heteroatoms. The lowest BCUT2D eigenvalue weighted by Gasteiger charge is -2.36. The Morgan fingerprint density at radius 3 is 2.31 bits per heavy atom. The number of para-hydroxylation sites is 1. The number of amides is 1. The molecule has 0 spiro atoms. The van der Waals surface area contributed by atoms with Gasteiger partial charge in [-0.15, -0.1) is 0 Å². The minimum atomic E-state index is -0.821. The molecule has 4 rings (SSSR count). The van der Waals surface area contributed by atoms with Gasteiger partial charge in [-0.25, -0.2) is 4.79 Å². The highest BCUT2D eigenvalue weighted by atomic mass is 79.9. The average Bonchev–Trinajstić information content (AvgIpc) is 2.68. The fraction of sp³-hybridized carbons (Fsp3) is 0.0476. The molecule has 1 aliphatic rings. The first-order valence-corrected chi connectivity index (χ1v) is 8.89. The van der Waals surface area contributed by atoms with E-state index in [1.807, 2.05) is 42.5 Å². The second kappa shape index (κ2) is 6.77. The van der Waals surface area contributed by atoms with Crippen molar-refractivity contribution >= 4 is 33.5 Å². The van der Waals surface area contributed by atoms with Crippen LogP contribution in [0.1, 0.15) is 32.5 Å². The van der Waals surface area contributed by atoms with E-state index in [2.05, 4.69) is 15.9 Å². The van der Waals surface area contributed by atoms with Crippen molar-refractivity contribution in [3.8, 4) is 0 Å². The maximum atomic E-state index is 13.4. The highest BCUT2D eigenvalue weighted by Crippen LogP contribution is 2.38. The summed E-state index contributed by atoms with van der Waals surface area (Å²) in [5, 5.41) is 0. The topological polar surface area (TPSA) is 46.6 Å². The second-order valence-corrected chi connectivity index (χ2v) is 6.69. The summed E-state index contributed by atoms with van der Waals surface area (Å²) in [5.74, 6) is -0.683. The van der Waals surface area contributed by atoms with Crippen LogP contribution >= 0.6 is 15.9 Å². The largest absolute Gasteiger partial charge is 0.433 e. The molecule has 0 radical (unpaired) electrons. The van der Waals surface area contributed by atoms with Crippen molar-refractivity contribution in [1.82, 2.24) is 0 Å². The highest BCUT2D eigenvalue weighted by Gasteiger charge is 2.38. The van der Waals surface area contributed by atoms with Crippen LogP contribution in [-0.4, -0.2) is 11.9 Å². The summed E-state index contributed by atoms with van der Waals surface area (Å²) in [6.07, 6.45) is -0.821. The zero-order chi connectivity index (χ0) is 18.1. The van der Waals surface area contributed by atoms with Crippen molar-refractivity contribution in [2.75, 3.05) is 4.90 Å². The molecule has 0 N–H and O–H groups in total. The molecule has 1 aliphatic heterocycles. The van der Waals surface area contributed by atoms with E-state index < -0.39 is 12.2 Å². The number of esters is 1. The zero-order valence-corrected chi connectivity index (χ0v) is 15.2. The Morgan fingerprint density at radius 2 is 1.54 bits per heavy atom. The quantitative estimate of drug-likeness (QED) is 0.563. The summed E-state index contributed by atoms with van der Waals surface area (Å²) < 4.78 is 6.33. The molecule has 0 bridgehead atoms. The molecule has 1 atom stereocenters. The van der Waals surface area contributed by atoms with Crippen LogP contribution in [0.4, 0.5) is 5.69 Å². The first kappa shape index (κ1) is 16.5. The minimum Gasteiger partial charge on any atom is -0.433 e. The molecule has 1 amide bonds. The molecular weight excluding hydrogens is 394 g/mol. The van der Waals surface area contributed by atoms with Crippen molar-refractivity contribution in [3.05, 3.63) is 100 Å². The number of ether oxygens (including phenoxy) is 1. The molecule has 1 unspecified atom stereocenters. The number of carbonyl (C=O) groups is 2. The Morgan fingerprint density at radius 1 is 0.885 bits per heavy atom. The van der Waals surface area contributed by atoms with E-state index >= 15 is 0 Å². The van der Waals surface area contributed by atoms with E-state index in [1.54, 1.807) is 36.4 Å². The van der Waals surface area contributed by atoms with Crippen molar-refractivity contribution in [2.45, 2.75) is 6.23 Å². The van der Waals surface area contributed by atoms with Crippen molar-refractivity contribution in [3.63, 3.8) is 0 Å². The fourth-order valence-corrected chi connectivity index (χ4v) is 3.47. The molecule has 4 nitrogen and oxygen atoms in total. The smallest absolute Gasteiger partial charge is 0.342 e. The van der Waals surface area contributed by atoms with Gasteiger partial charge in [0.2, 0.25) is 6.23 Å². The number of nitrogens with zero attached hydrogens (tertiary/aromatic N) is 1. The predicted octanol–water partition coefficient (Wildman–Crippen LogP) is 4.97. The molecule has 0 aliphatic carbocycles. The maximum absolute atomic E-state index is 13.4. The number of anilines is 1. The second-order valence-electron chi connectivity index (χ2n) is 5.84. The molecule has 1 heterocycles. The molecule has 0 saturated carbocycles. The molecule has 3 aromatic carbocycles. The Kier molecular flexibility index (Phi) is 4.31. The van der Waals surface area contributed by atoms with Gasteiger partial charge in [-0.3, -0.25) is 9.69 Å². The van der Waals surface area contributed by atoms with Gasteiger partial charge in [0.1, 0.15) is 0 Å². The summed E-state index contributed by atoms with van der Waals surface area (Å²) in [7, 11) is 0. The van der Waals surface area contributed by atoms with Crippen LogP contribution in [0.25, 0.3) is 0 Å². The molecule has 26 heavy (non-hydrogen) atoms. The van der Waals surface area contributed by atoms with Crippen LogP contribution < -0.4 is 4.90 Å². The maximum Gasteiger partial charge on any atom is 0.342 e. The highest BCUT2D eigenvalue weighted by molar-refractivity contribution is 9.10. The zero-order valence-electron chi connectivity index (χ0n) is 13.6. The summed E-state index contributed by atoms with van der Waals surface area (Å²) >= 11 is 3.44. The first-order valence-electron chi connectivity index (χ1n) is 8.10. The van der Waals surface area contributed by atoms with E-state index in [4.69, 9.17) is 4.74 Å². The Balaban J connectivity index is 1.89. The van der Waals surface area contributed by atoms with Gasteiger partial charge in [0, 0.05) is 10.0 Å². The third kappa shape index (κ3) is 2.80. The van der Waals surface area contributed by atoms with Gasteiger partial charge in [-0.05, 0) is 40.2 Å². The lowest BCUT2D eigenvalue weighted by Crippen LogP contribution is -2.41. The minimum absolute atomic E-state index is 0.244. The van der Waals surface area contributed by atoms with Crippen LogP contribution in [0.15, 0.2) is 83.3 Å². The lowest BCUT2D eigenvalue weighted by molar-refractivity contribution is 0.0249. The van der Waals surface area contributed by atoms with Gasteiger partial charge in [0.25, 0.3) is 5.91 Å². The Hall–Kier alpha value is -2.92. The average molecular weight is 408 g/mol. The lowest BCUT2D eigenvalue weighted by atomic mass is 10.0. The Bertz CT molecular complexity index is 987. The normalized spacial score (nSPS) is 16.0. The number of rotatable bonds is 2. The predicted molar refractivity (Wildman–Crippen MR) is 102 cm³/mol. The van der Waals surface area contributed by atoms with Crippen LogP contribution in [0.3, 0.4) is 0 Å². The standard InChI is InChI=1S/C21H14BrNO3/c22-17-12-6-4-10-15(17)19(24)23-18-13-7-5-11-16(18)21(25)26-20(23)14-8-2-1-3-9-14/h1-13,20H. The number of cyclic esters (lactones) is 1. The van der Waals surface area contributed by atoms with Crippen LogP contribution in [-0.2, 0) is 4.74 Å². The first-order chi connectivity index (χ1) is 12.7. The third-order valence-electron chi connectivity index (χ3n) is 4.24. The van der Waals surface area contributed by atoms with Gasteiger partial charge in [0.05, 0.1) is 16.8 Å². The van der Waals surface area contributed by atoms with Gasteiger partial charge in [0.15, 0.2) is 0 Å². The number of halogens is 1. The summed E-state index contributed by atoms with van der Waals surface area (Å²) in [6.45, 7) is 0. The Labute approximate surface area is 159 Å². The molecule has 0 saturated heterocycles. The number of hydrogen-bond acceptors (Lipinski definition) is 3. The van der Waals surface area contributed by atoms with E-state index in [0.717, 1.165) is 5.56 Å². The molecule has 0 aromatic heterocycles. The summed E-state index contributed by atoms with van der Waals surface area (Å²) in [4.78, 5) is 27.4. The summed E-state index contributed by atoms with van der Waals surface area (Å²) in [6, 6.07) is 23.5. The van der Waals surface area contributed by atoms with Crippen molar-refractivity contribution < 1.29 is 14.3 Å². The van der Waals surface area contributed by atoms with Crippen LogP contribution in [0.2, 0.25) is 0 Å². The SMILES string of the molecule is O=C1OC(c2ccccc2)N(C(=O)c2ccccc2Br)c2ccccc21. The van der Waals surface area contributed by atoms with Crippen LogP contribution in [0, 0.1) is 0 Å². The monoisotopic (exact) mass is 407 g/mol. The number of carbonyl (C=O) groups excluding carboxylic acids is 2. The third-order valence-corrected chi connectivity index (χ3v) is 4.94. The van der Waals surface area contributed by atoms with Gasteiger partial charge in [-0.2, -0.15) is 0 Å². The van der Waals surface area contributed by atoms with E-state index in [0.29, 0.717) is 21.3 Å². The fourth-order valence-electron chi connectivity index (χ4n) is 3.02. The van der Waals surface area contributed by atoms with Gasteiger partial charge >= 0.3 is 5.97 Å². The van der Waals surface area contributed by atoms with Crippen molar-refractivity contribution in [1.29, 1.82) is 0 Å². The molecule has 3 aromatic rings. The van der Waals surface area contributed by atoms with E-state index in [-0.39, 0.29) is 5.91 Å². The van der Waals surface area contributed by atoms with E-state index in [9.17, 15) is 9.59 Å². The molecule has 128 valence electrons. The van der Waals surface area contributed by atoms with Gasteiger partial charge < -0.3 is 4.74 Å². The van der Waals surface area contributed by atoms with Crippen molar-refractivity contribution in [2.24, 2.45) is 0 Å². The molecular formula is C21H14BrNO3. The van der Waals surface area contributed by atoms with E-state index in [1.165, 1.54) is 4.90 Å². The van der Waals surface area contributed by atoms with Gasteiger partial charge in [-0.1, -0.05) is 54.6 Å².